The van der Waals surface area contributed by atoms with Gasteiger partial charge in [0.2, 0.25) is 5.95 Å². The molecule has 7 nitrogen and oxygen atoms in total. The standard InChI is InChI=1S/C25H26N4O3/c1-32-19-8-6-18(7-9-19)28-10-12-29(13-11-28)25-26-16-21-22(27-25)14-17(15-24(21)31)20-4-2-3-5-23(20)30/h2-9,16-17,30H,10-15H2,1H3. The number of ketones is 1. The molecule has 2 aromatic carbocycles. The van der Waals surface area contributed by atoms with Crippen LogP contribution in [0.3, 0.4) is 0 Å². The second kappa shape index (κ2) is 8.49. The molecule has 3 aromatic rings. The third-order valence-corrected chi connectivity index (χ3v) is 6.40. The van der Waals surface area contributed by atoms with Crippen molar-refractivity contribution >= 4 is 17.4 Å². The average molecular weight is 431 g/mol. The molecule has 32 heavy (non-hydrogen) atoms. The molecular formula is C25H26N4O3. The summed E-state index contributed by atoms with van der Waals surface area (Å²) < 4.78 is 5.25. The van der Waals surface area contributed by atoms with Crippen LogP contribution >= 0.6 is 0 Å². The van der Waals surface area contributed by atoms with Crippen LogP contribution in [0.2, 0.25) is 0 Å². The van der Waals surface area contributed by atoms with Crippen molar-refractivity contribution in [3.05, 3.63) is 71.5 Å². The fourth-order valence-electron chi connectivity index (χ4n) is 4.60. The second-order valence-corrected chi connectivity index (χ2v) is 8.29. The van der Waals surface area contributed by atoms with Gasteiger partial charge in [-0.15, -0.1) is 0 Å². The number of hydrogen-bond acceptors (Lipinski definition) is 7. The molecule has 164 valence electrons. The monoisotopic (exact) mass is 430 g/mol. The van der Waals surface area contributed by atoms with E-state index in [9.17, 15) is 9.90 Å². The number of rotatable bonds is 4. The first-order valence-corrected chi connectivity index (χ1v) is 10.9. The molecule has 0 amide bonds. The summed E-state index contributed by atoms with van der Waals surface area (Å²) >= 11 is 0. The predicted octanol–water partition coefficient (Wildman–Crippen LogP) is 3.43. The highest BCUT2D eigenvalue weighted by atomic mass is 16.5. The lowest BCUT2D eigenvalue weighted by atomic mass is 9.82. The summed E-state index contributed by atoms with van der Waals surface area (Å²) in [5.74, 6) is 1.73. The van der Waals surface area contributed by atoms with E-state index in [1.807, 2.05) is 24.3 Å². The first-order chi connectivity index (χ1) is 15.6. The minimum atomic E-state index is -0.0640. The van der Waals surface area contributed by atoms with E-state index in [4.69, 9.17) is 9.72 Å². The Bertz CT molecular complexity index is 1120. The Morgan fingerprint density at radius 2 is 1.69 bits per heavy atom. The number of carbonyl (C=O) groups excluding carboxylic acids is 1. The Morgan fingerprint density at radius 1 is 0.969 bits per heavy atom. The molecule has 1 atom stereocenters. The number of piperazine rings is 1. The van der Waals surface area contributed by atoms with E-state index < -0.39 is 0 Å². The Hall–Kier alpha value is -3.61. The summed E-state index contributed by atoms with van der Waals surface area (Å²) in [7, 11) is 1.67. The van der Waals surface area contributed by atoms with Gasteiger partial charge in [-0.1, -0.05) is 18.2 Å². The fourth-order valence-corrected chi connectivity index (χ4v) is 4.60. The number of methoxy groups -OCH3 is 1. The second-order valence-electron chi connectivity index (χ2n) is 8.29. The van der Waals surface area contributed by atoms with Gasteiger partial charge in [-0.2, -0.15) is 0 Å². The third-order valence-electron chi connectivity index (χ3n) is 6.40. The van der Waals surface area contributed by atoms with Crippen molar-refractivity contribution < 1.29 is 14.6 Å². The number of benzene rings is 2. The van der Waals surface area contributed by atoms with Gasteiger partial charge in [0, 0.05) is 50.4 Å². The lowest BCUT2D eigenvalue weighted by Gasteiger charge is -2.36. The van der Waals surface area contributed by atoms with E-state index in [0.29, 0.717) is 24.4 Å². The molecule has 1 N–H and O–H groups in total. The number of fused-ring (bicyclic) bond motifs is 1. The van der Waals surface area contributed by atoms with Crippen molar-refractivity contribution in [3.8, 4) is 11.5 Å². The van der Waals surface area contributed by atoms with Crippen molar-refractivity contribution in [2.75, 3.05) is 43.1 Å². The summed E-state index contributed by atoms with van der Waals surface area (Å²) in [5, 5.41) is 10.2. The van der Waals surface area contributed by atoms with E-state index in [1.54, 1.807) is 25.4 Å². The van der Waals surface area contributed by atoms with Crippen molar-refractivity contribution in [2.24, 2.45) is 0 Å². The van der Waals surface area contributed by atoms with Gasteiger partial charge in [-0.3, -0.25) is 4.79 Å². The molecule has 1 aliphatic heterocycles. The third kappa shape index (κ3) is 3.86. The zero-order valence-electron chi connectivity index (χ0n) is 18.1. The Morgan fingerprint density at radius 3 is 2.41 bits per heavy atom. The first kappa shape index (κ1) is 20.3. The fraction of sp³-hybridized carbons (Fsp3) is 0.320. The number of Topliss-reactive ketones (excluding diaryl/α,β-unsaturated/α-hetero) is 1. The minimum Gasteiger partial charge on any atom is -0.508 e. The van der Waals surface area contributed by atoms with Crippen LogP contribution in [0.1, 0.15) is 34.0 Å². The van der Waals surface area contributed by atoms with Gasteiger partial charge in [-0.25, -0.2) is 9.97 Å². The van der Waals surface area contributed by atoms with Crippen molar-refractivity contribution in [3.63, 3.8) is 0 Å². The lowest BCUT2D eigenvalue weighted by Crippen LogP contribution is -2.47. The molecule has 0 bridgehead atoms. The average Bonchev–Trinajstić information content (AvgIpc) is 2.84. The molecule has 2 aliphatic rings. The number of phenols is 1. The van der Waals surface area contributed by atoms with Crippen molar-refractivity contribution in [1.82, 2.24) is 9.97 Å². The van der Waals surface area contributed by atoms with Crippen LogP contribution in [0, 0.1) is 0 Å². The van der Waals surface area contributed by atoms with Gasteiger partial charge >= 0.3 is 0 Å². The van der Waals surface area contributed by atoms with Crippen LogP contribution < -0.4 is 14.5 Å². The van der Waals surface area contributed by atoms with Crippen molar-refractivity contribution in [2.45, 2.75) is 18.8 Å². The summed E-state index contributed by atoms with van der Waals surface area (Å²) in [6.45, 7) is 3.35. The number of anilines is 2. The largest absolute Gasteiger partial charge is 0.508 e. The highest BCUT2D eigenvalue weighted by molar-refractivity contribution is 5.98. The minimum absolute atomic E-state index is 0.0374. The van der Waals surface area contributed by atoms with Gasteiger partial charge in [0.25, 0.3) is 0 Å². The number of aromatic hydroxyl groups is 1. The number of para-hydroxylation sites is 1. The number of carbonyl (C=O) groups is 1. The number of ether oxygens (including phenoxy) is 1. The highest BCUT2D eigenvalue weighted by Crippen LogP contribution is 2.36. The van der Waals surface area contributed by atoms with Gasteiger partial charge in [0.1, 0.15) is 11.5 Å². The number of aromatic nitrogens is 2. The zero-order chi connectivity index (χ0) is 22.1. The van der Waals surface area contributed by atoms with Crippen LogP contribution in [0.5, 0.6) is 11.5 Å². The van der Waals surface area contributed by atoms with Crippen LogP contribution in [0.4, 0.5) is 11.6 Å². The maximum Gasteiger partial charge on any atom is 0.225 e. The summed E-state index contributed by atoms with van der Waals surface area (Å²) in [6, 6.07) is 15.4. The first-order valence-electron chi connectivity index (χ1n) is 10.9. The zero-order valence-corrected chi connectivity index (χ0v) is 18.1. The van der Waals surface area contributed by atoms with Crippen LogP contribution in [0.25, 0.3) is 0 Å². The number of nitrogens with zero attached hydrogens (tertiary/aromatic N) is 4. The summed E-state index contributed by atoms with van der Waals surface area (Å²) in [6.07, 6.45) is 2.67. The van der Waals surface area contributed by atoms with Gasteiger partial charge in [0.05, 0.1) is 18.4 Å². The van der Waals surface area contributed by atoms with E-state index in [0.717, 1.165) is 43.2 Å². The Labute approximate surface area is 187 Å². The Kier molecular flexibility index (Phi) is 5.39. The van der Waals surface area contributed by atoms with E-state index in [2.05, 4.69) is 26.9 Å². The molecule has 7 heteroatoms. The smallest absolute Gasteiger partial charge is 0.225 e. The molecule has 1 aromatic heterocycles. The van der Waals surface area contributed by atoms with E-state index in [-0.39, 0.29) is 17.5 Å². The number of hydrogen-bond donors (Lipinski definition) is 1. The maximum absolute atomic E-state index is 12.7. The quantitative estimate of drug-likeness (QED) is 0.679. The number of phenolic OH excluding ortho intramolecular Hbond substituents is 1. The normalized spacial score (nSPS) is 18.4. The molecular weight excluding hydrogens is 404 g/mol. The maximum atomic E-state index is 12.7. The van der Waals surface area contributed by atoms with Crippen molar-refractivity contribution in [1.29, 1.82) is 0 Å². The molecule has 1 unspecified atom stereocenters. The van der Waals surface area contributed by atoms with Crippen LogP contribution in [-0.2, 0) is 6.42 Å². The summed E-state index contributed by atoms with van der Waals surface area (Å²) in [4.78, 5) is 26.5. The molecule has 5 rings (SSSR count). The predicted molar refractivity (Wildman–Crippen MR) is 123 cm³/mol. The van der Waals surface area contributed by atoms with E-state index in [1.165, 1.54) is 5.69 Å². The van der Waals surface area contributed by atoms with Crippen LogP contribution in [0.15, 0.2) is 54.7 Å². The SMILES string of the molecule is COc1ccc(N2CCN(c3ncc4c(n3)CC(c3ccccc3O)CC4=O)CC2)cc1. The topological polar surface area (TPSA) is 78.8 Å². The Balaban J connectivity index is 1.31. The molecule has 0 saturated carbocycles. The molecule has 1 aliphatic carbocycles. The molecule has 0 radical (unpaired) electrons. The van der Waals surface area contributed by atoms with Gasteiger partial charge in [-0.05, 0) is 42.3 Å². The molecule has 2 heterocycles. The van der Waals surface area contributed by atoms with E-state index >= 15 is 0 Å². The summed E-state index contributed by atoms with van der Waals surface area (Å²) in [5.41, 5.74) is 3.36. The van der Waals surface area contributed by atoms with Gasteiger partial charge < -0.3 is 19.6 Å². The molecule has 1 fully saturated rings. The molecule has 0 spiro atoms. The lowest BCUT2D eigenvalue weighted by molar-refractivity contribution is 0.0962. The highest BCUT2D eigenvalue weighted by Gasteiger charge is 2.30. The van der Waals surface area contributed by atoms with Crippen LogP contribution in [-0.4, -0.2) is 54.1 Å². The van der Waals surface area contributed by atoms with Gasteiger partial charge in [0.15, 0.2) is 5.78 Å². The molecule has 1 saturated heterocycles.